The van der Waals surface area contributed by atoms with Crippen molar-refractivity contribution in [1.82, 2.24) is 0 Å². The van der Waals surface area contributed by atoms with Crippen molar-refractivity contribution in [2.24, 2.45) is 11.8 Å². The van der Waals surface area contributed by atoms with Gasteiger partial charge in [0.25, 0.3) is 0 Å². The number of rotatable bonds is 4. The topological polar surface area (TPSA) is 69.7 Å². The second-order valence-corrected chi connectivity index (χ2v) is 8.00. The van der Waals surface area contributed by atoms with Crippen LogP contribution in [-0.4, -0.2) is 29.6 Å². The van der Waals surface area contributed by atoms with Crippen molar-refractivity contribution in [1.29, 1.82) is 0 Å². The van der Waals surface area contributed by atoms with Crippen LogP contribution in [0.3, 0.4) is 0 Å². The molecule has 0 N–H and O–H groups in total. The molecule has 5 heteroatoms. The molecule has 0 aromatic heterocycles. The third-order valence-electron chi connectivity index (χ3n) is 6.26. The van der Waals surface area contributed by atoms with E-state index < -0.39 is 29.5 Å². The largest absolute Gasteiger partial charge is 0.550 e. The quantitative estimate of drug-likeness (QED) is 0.770. The summed E-state index contributed by atoms with van der Waals surface area (Å²) in [6.45, 7) is 5.95. The number of anilines is 1. The summed E-state index contributed by atoms with van der Waals surface area (Å²) in [6.07, 6.45) is 3.57. The highest BCUT2D eigenvalue weighted by Crippen LogP contribution is 2.57. The normalized spacial score (nSPS) is 32.9. The van der Waals surface area contributed by atoms with Gasteiger partial charge in [-0.1, -0.05) is 54.1 Å². The van der Waals surface area contributed by atoms with Gasteiger partial charge >= 0.3 is 0 Å². The Morgan fingerprint density at radius 3 is 2.75 bits per heavy atom. The van der Waals surface area contributed by atoms with Crippen LogP contribution in [0.4, 0.5) is 5.69 Å². The van der Waals surface area contributed by atoms with E-state index in [9.17, 15) is 14.7 Å². The number of ether oxygens (including phenoxy) is 1. The average Bonchev–Trinajstić information content (AvgIpc) is 3.30. The maximum absolute atomic E-state index is 13.6. The fraction of sp³-hybridized carbons (Fsp3) is 0.304. The van der Waals surface area contributed by atoms with E-state index in [2.05, 4.69) is 6.58 Å². The summed E-state index contributed by atoms with van der Waals surface area (Å²) < 4.78 is 6.17. The van der Waals surface area contributed by atoms with Crippen molar-refractivity contribution in [3.05, 3.63) is 66.8 Å². The predicted octanol–water partition coefficient (Wildman–Crippen LogP) is 2.21. The summed E-state index contributed by atoms with van der Waals surface area (Å²) >= 11 is 0. The first-order valence-electron chi connectivity index (χ1n) is 9.47. The Balaban J connectivity index is 1.71. The van der Waals surface area contributed by atoms with Crippen molar-refractivity contribution >= 4 is 28.3 Å². The monoisotopic (exact) mass is 374 g/mol. The minimum absolute atomic E-state index is 0.219. The highest BCUT2D eigenvalue weighted by Gasteiger charge is 2.69. The van der Waals surface area contributed by atoms with Crippen LogP contribution in [0.2, 0.25) is 0 Å². The number of aliphatic carboxylic acids is 1. The second-order valence-electron chi connectivity index (χ2n) is 8.00. The van der Waals surface area contributed by atoms with Gasteiger partial charge in [0.15, 0.2) is 0 Å². The molecule has 0 radical (unpaired) electrons. The fourth-order valence-electron chi connectivity index (χ4n) is 5.20. The summed E-state index contributed by atoms with van der Waals surface area (Å²) in [7, 11) is 0. The Hall–Kier alpha value is -2.92. The molecule has 2 aromatic rings. The molecule has 3 heterocycles. The summed E-state index contributed by atoms with van der Waals surface area (Å²) in [4.78, 5) is 27.2. The number of carbonyl (C=O) groups excluding carboxylic acids is 2. The molecule has 2 aromatic carbocycles. The Morgan fingerprint density at radius 1 is 1.25 bits per heavy atom. The molecule has 3 aliphatic rings. The summed E-state index contributed by atoms with van der Waals surface area (Å²) in [5.74, 6) is -3.20. The van der Waals surface area contributed by atoms with Gasteiger partial charge in [0.1, 0.15) is 5.60 Å². The molecular formula is C23H20NO4-. The number of hydrogen-bond donors (Lipinski definition) is 0. The lowest BCUT2D eigenvalue weighted by Gasteiger charge is -2.34. The lowest BCUT2D eigenvalue weighted by Crippen LogP contribution is -2.46. The molecule has 0 unspecified atom stereocenters. The van der Waals surface area contributed by atoms with Crippen molar-refractivity contribution < 1.29 is 19.4 Å². The van der Waals surface area contributed by atoms with Crippen molar-refractivity contribution in [2.75, 3.05) is 4.90 Å². The zero-order valence-electron chi connectivity index (χ0n) is 15.5. The zero-order chi connectivity index (χ0) is 19.6. The van der Waals surface area contributed by atoms with Crippen molar-refractivity contribution in [2.45, 2.75) is 31.1 Å². The standard InChI is InChI=1S/C23H21NO4/c1-13(2)12-18-23-11-10-17(28-23)19(22(26)27)20(23)21(25)24(18)16-9-5-7-14-6-3-4-8-15(14)16/h3-11,17-20H,1,12H2,2H3,(H,26,27)/p-1/t17-,18+,19-,20-,23+/m0/s1. The first-order chi connectivity index (χ1) is 13.4. The van der Waals surface area contributed by atoms with Gasteiger partial charge in [0, 0.05) is 17.3 Å². The number of carboxylic acids is 1. The first-order valence-corrected chi connectivity index (χ1v) is 9.47. The molecule has 2 saturated heterocycles. The number of fused-ring (bicyclic) bond motifs is 2. The Kier molecular flexibility index (Phi) is 3.55. The molecule has 142 valence electrons. The van der Waals surface area contributed by atoms with Crippen LogP contribution in [0, 0.1) is 11.8 Å². The number of carbonyl (C=O) groups is 2. The highest BCUT2D eigenvalue weighted by molar-refractivity contribution is 6.09. The molecule has 5 atom stereocenters. The SMILES string of the molecule is C=C(C)C[C@H]1N(c2cccc3ccccc23)C(=O)[C@@H]2[C@@H](C(=O)[O-])[C@@H]3C=C[C@]21O3. The van der Waals surface area contributed by atoms with Gasteiger partial charge in [0.2, 0.25) is 5.91 Å². The molecule has 0 aliphatic carbocycles. The van der Waals surface area contributed by atoms with Gasteiger partial charge in [-0.25, -0.2) is 0 Å². The Morgan fingerprint density at radius 2 is 2.00 bits per heavy atom. The summed E-state index contributed by atoms with van der Waals surface area (Å²) in [5.41, 5.74) is 0.730. The average molecular weight is 374 g/mol. The van der Waals surface area contributed by atoms with Crippen molar-refractivity contribution in [3.8, 4) is 0 Å². The molecule has 5 rings (SSSR count). The van der Waals surface area contributed by atoms with Crippen LogP contribution in [0.5, 0.6) is 0 Å². The van der Waals surface area contributed by atoms with E-state index in [1.165, 1.54) is 0 Å². The third kappa shape index (κ3) is 2.11. The van der Waals surface area contributed by atoms with E-state index in [1.54, 1.807) is 11.0 Å². The molecule has 3 aliphatic heterocycles. The molecule has 28 heavy (non-hydrogen) atoms. The van der Waals surface area contributed by atoms with E-state index in [-0.39, 0.29) is 11.9 Å². The number of nitrogens with zero attached hydrogens (tertiary/aromatic N) is 1. The number of benzene rings is 2. The molecule has 5 nitrogen and oxygen atoms in total. The van der Waals surface area contributed by atoms with Crippen LogP contribution < -0.4 is 10.0 Å². The lowest BCUT2D eigenvalue weighted by molar-refractivity contribution is -0.313. The first kappa shape index (κ1) is 17.2. The molecule has 0 saturated carbocycles. The number of carboxylic acid groups (broad SMARTS) is 1. The predicted molar refractivity (Wildman–Crippen MR) is 103 cm³/mol. The van der Waals surface area contributed by atoms with Crippen molar-refractivity contribution in [3.63, 3.8) is 0 Å². The van der Waals surface area contributed by atoms with Gasteiger partial charge in [-0.3, -0.25) is 4.79 Å². The fourth-order valence-corrected chi connectivity index (χ4v) is 5.20. The van der Waals surface area contributed by atoms with Gasteiger partial charge in [0.05, 0.1) is 23.8 Å². The van der Waals surface area contributed by atoms with E-state index in [4.69, 9.17) is 4.74 Å². The van der Waals surface area contributed by atoms with E-state index in [1.807, 2.05) is 55.5 Å². The smallest absolute Gasteiger partial charge is 0.234 e. The van der Waals surface area contributed by atoms with Crippen LogP contribution in [0.1, 0.15) is 13.3 Å². The molecule has 2 bridgehead atoms. The van der Waals surface area contributed by atoms with Gasteiger partial charge in [-0.05, 0) is 24.8 Å². The van der Waals surface area contributed by atoms with E-state index in [0.29, 0.717) is 6.42 Å². The zero-order valence-corrected chi connectivity index (χ0v) is 15.5. The van der Waals surface area contributed by atoms with Gasteiger partial charge in [-0.15, -0.1) is 6.58 Å². The Labute approximate surface area is 162 Å². The molecule has 2 fully saturated rings. The maximum atomic E-state index is 13.6. The Bertz CT molecular complexity index is 1050. The van der Waals surface area contributed by atoms with Gasteiger partial charge in [-0.2, -0.15) is 0 Å². The molecular weight excluding hydrogens is 354 g/mol. The third-order valence-corrected chi connectivity index (χ3v) is 6.26. The van der Waals surface area contributed by atoms with Crippen LogP contribution in [0.25, 0.3) is 10.8 Å². The summed E-state index contributed by atoms with van der Waals surface area (Å²) in [5, 5.41) is 13.8. The highest BCUT2D eigenvalue weighted by atomic mass is 16.5. The molecule has 1 spiro atoms. The number of amides is 1. The summed E-state index contributed by atoms with van der Waals surface area (Å²) in [6, 6.07) is 13.3. The van der Waals surface area contributed by atoms with Crippen LogP contribution in [-0.2, 0) is 14.3 Å². The van der Waals surface area contributed by atoms with Gasteiger partial charge < -0.3 is 19.5 Å². The van der Waals surface area contributed by atoms with Crippen LogP contribution >= 0.6 is 0 Å². The minimum Gasteiger partial charge on any atom is -0.550 e. The minimum atomic E-state index is -1.23. The van der Waals surface area contributed by atoms with E-state index in [0.717, 1.165) is 22.0 Å². The second kappa shape index (κ2) is 5.79. The maximum Gasteiger partial charge on any atom is 0.234 e. The molecule has 1 amide bonds. The lowest BCUT2D eigenvalue weighted by atomic mass is 9.74. The van der Waals surface area contributed by atoms with Crippen LogP contribution in [0.15, 0.2) is 66.8 Å². The van der Waals surface area contributed by atoms with E-state index >= 15 is 0 Å². The number of hydrogen-bond acceptors (Lipinski definition) is 4.